The highest BCUT2D eigenvalue weighted by molar-refractivity contribution is 7.67. The zero-order valence-electron chi connectivity index (χ0n) is 58.2. The van der Waals surface area contributed by atoms with Gasteiger partial charge in [0, 0.05) is 23.3 Å². The lowest BCUT2D eigenvalue weighted by molar-refractivity contribution is -0.786. The number of aryl methyl sites for hydroxylation is 4. The van der Waals surface area contributed by atoms with E-state index in [0.717, 1.165) is 45.6 Å². The first kappa shape index (κ1) is 72.6. The van der Waals surface area contributed by atoms with E-state index in [2.05, 4.69) is 214 Å². The van der Waals surface area contributed by atoms with Crippen LogP contribution in [0.25, 0.3) is 44.5 Å². The van der Waals surface area contributed by atoms with Crippen LogP contribution < -0.4 is 64.2 Å². The third-order valence-corrected chi connectivity index (χ3v) is 27.7. The number of methoxy groups -OCH3 is 2. The van der Waals surface area contributed by atoms with E-state index in [0.29, 0.717) is 13.2 Å². The van der Waals surface area contributed by atoms with Gasteiger partial charge in [0.05, 0.1) is 53.5 Å². The molecular weight excluding hydrogens is 1230 g/mol. The predicted octanol–water partition coefficient (Wildman–Crippen LogP) is 13.6. The van der Waals surface area contributed by atoms with Crippen molar-refractivity contribution >= 4 is 37.8 Å². The van der Waals surface area contributed by atoms with Crippen LogP contribution in [0, 0.1) is 27.7 Å². The lowest BCUT2D eigenvalue weighted by atomic mass is 9.87. The fourth-order valence-electron chi connectivity index (χ4n) is 16.2. The Morgan fingerprint density at radius 1 is 0.340 bits per heavy atom. The average molecular weight is 1340 g/mol. The van der Waals surface area contributed by atoms with E-state index in [-0.39, 0.29) is 24.8 Å². The zero-order valence-corrected chi connectivity index (χ0v) is 61.5. The molecule has 0 heterocycles. The van der Waals surface area contributed by atoms with Crippen LogP contribution in [-0.4, -0.2) is 65.0 Å². The third-order valence-electron chi connectivity index (χ3n) is 20.7. The largest absolute Gasteiger partial charge is 1.00 e. The molecule has 4 fully saturated rings. The summed E-state index contributed by atoms with van der Waals surface area (Å²) in [4.78, 5) is 2.66. The van der Waals surface area contributed by atoms with Crippen molar-refractivity contribution in [2.75, 3.05) is 42.4 Å². The van der Waals surface area contributed by atoms with Gasteiger partial charge in [0.15, 0.2) is 0 Å². The summed E-state index contributed by atoms with van der Waals surface area (Å²) in [6.45, 7) is 10.1. The fourth-order valence-corrected chi connectivity index (χ4v) is 24.2. The summed E-state index contributed by atoms with van der Waals surface area (Å²) in [6, 6.07) is 57.8. The molecule has 6 nitrogen and oxygen atoms in total. The Bertz CT molecular complexity index is 3380. The van der Waals surface area contributed by atoms with Gasteiger partial charge in [-0.05, 0) is 192 Å². The Hall–Kier alpha value is -5.68. The average Bonchev–Trinajstić information content (AvgIpc) is 0.752. The van der Waals surface area contributed by atoms with Crippen LogP contribution in [0.5, 0.6) is 23.0 Å². The molecule has 0 atom stereocenters. The van der Waals surface area contributed by atoms with Gasteiger partial charge < -0.3 is 53.6 Å². The summed E-state index contributed by atoms with van der Waals surface area (Å²) in [5, 5.41) is 3.02. The van der Waals surface area contributed by atoms with Gasteiger partial charge in [-0.1, -0.05) is 214 Å². The van der Waals surface area contributed by atoms with E-state index in [9.17, 15) is 0 Å². The summed E-state index contributed by atoms with van der Waals surface area (Å²) in [7, 11) is 11.9. The fraction of sp³-hybridized carbons (Fsp3) is 0.429. The Labute approximate surface area is 580 Å². The summed E-state index contributed by atoms with van der Waals surface area (Å²) in [5.74, 6) is 3.76. The number of benzene rings is 8. The molecule has 0 aromatic heterocycles. The van der Waals surface area contributed by atoms with Gasteiger partial charge in [-0.2, -0.15) is 0 Å². The van der Waals surface area contributed by atoms with Crippen molar-refractivity contribution in [3.8, 4) is 67.5 Å². The van der Waals surface area contributed by atoms with Gasteiger partial charge in [-0.25, -0.2) is 0 Å². The van der Waals surface area contributed by atoms with Crippen LogP contribution in [0.1, 0.15) is 162 Å². The second kappa shape index (κ2) is 35.0. The van der Waals surface area contributed by atoms with Crippen molar-refractivity contribution < 1.29 is 53.6 Å². The highest BCUT2D eigenvalue weighted by Gasteiger charge is 2.39. The maximum Gasteiger partial charge on any atom is 0.139 e. The van der Waals surface area contributed by atoms with Gasteiger partial charge >= 0.3 is 0 Å². The lowest BCUT2D eigenvalue weighted by Crippen LogP contribution is -3.00. The molecule has 0 spiro atoms. The number of quaternary nitrogens is 2. The summed E-state index contributed by atoms with van der Waals surface area (Å²) in [6.07, 6.45) is 27.2. The smallest absolute Gasteiger partial charge is 0.139 e. The molecule has 10 heteroatoms. The molecule has 2 N–H and O–H groups in total. The molecule has 0 radical (unpaired) electrons. The molecule has 0 saturated heterocycles. The Morgan fingerprint density at radius 2 is 0.638 bits per heavy atom. The third kappa shape index (κ3) is 17.0. The predicted molar refractivity (Wildman–Crippen MR) is 394 cm³/mol. The summed E-state index contributed by atoms with van der Waals surface area (Å²) < 4.78 is 26.2. The van der Waals surface area contributed by atoms with E-state index in [1.165, 1.54) is 238 Å². The number of hydrogen-bond acceptors (Lipinski definition) is 4. The van der Waals surface area contributed by atoms with Crippen LogP contribution >= 0.6 is 15.8 Å². The second-order valence-corrected chi connectivity index (χ2v) is 33.1. The molecule has 94 heavy (non-hydrogen) atoms. The number of ether oxygens (including phenoxy) is 4. The van der Waals surface area contributed by atoms with Crippen molar-refractivity contribution in [2.24, 2.45) is 0 Å². The SMILES string of the molecule is COc1cc(OCc2ccccc2)c(-c2c(-c3c(C)cccc3C)cccc2[NH+](C)C)c(P(C2CCCCC2)C2CCCCC2)c1.COc1cc(OCc2ccccc2)c(-c2c(-c3c(C)cccc3C)cccc2[NH+](C)C)c(P(C2CCCCC2)C2CCCCC2)c1.[Cl-].[Cl-]. The molecule has 4 aliphatic carbocycles. The van der Waals surface area contributed by atoms with Crippen LogP contribution in [-0.2, 0) is 13.2 Å². The minimum absolute atomic E-state index is 0. The van der Waals surface area contributed by atoms with E-state index < -0.39 is 15.8 Å². The van der Waals surface area contributed by atoms with Crippen LogP contribution in [0.15, 0.2) is 158 Å². The molecule has 12 rings (SSSR count). The molecule has 0 aliphatic heterocycles. The topological polar surface area (TPSA) is 45.8 Å². The highest BCUT2D eigenvalue weighted by atomic mass is 35.5. The summed E-state index contributed by atoms with van der Waals surface area (Å²) in [5.41, 5.74) is 23.9. The maximum absolute atomic E-state index is 6.99. The number of nitrogens with one attached hydrogen (secondary N) is 2. The Balaban J connectivity index is 0.000000217. The first-order valence-corrected chi connectivity index (χ1v) is 38.2. The highest BCUT2D eigenvalue weighted by Crippen LogP contribution is 2.61. The Kier molecular flexibility index (Phi) is 27.0. The van der Waals surface area contributed by atoms with E-state index in [1.807, 2.05) is 14.2 Å². The van der Waals surface area contributed by atoms with Gasteiger partial charge in [0.1, 0.15) is 47.6 Å². The minimum atomic E-state index is -0.437. The number of halogens is 2. The zero-order chi connectivity index (χ0) is 64.1. The van der Waals surface area contributed by atoms with Crippen LogP contribution in [0.3, 0.4) is 0 Å². The monoisotopic (exact) mass is 1340 g/mol. The molecule has 4 saturated carbocycles. The number of hydrogen-bond donors (Lipinski definition) is 2. The van der Waals surface area contributed by atoms with Crippen molar-refractivity contribution in [2.45, 2.75) is 192 Å². The van der Waals surface area contributed by atoms with E-state index >= 15 is 0 Å². The van der Waals surface area contributed by atoms with Gasteiger partial charge in [-0.15, -0.1) is 0 Å². The molecule has 4 aliphatic rings. The summed E-state index contributed by atoms with van der Waals surface area (Å²) >= 11 is 0. The molecule has 8 aromatic carbocycles. The van der Waals surface area contributed by atoms with Gasteiger partial charge in [0.2, 0.25) is 0 Å². The maximum atomic E-state index is 6.99. The second-order valence-electron chi connectivity index (χ2n) is 27.6. The van der Waals surface area contributed by atoms with Crippen molar-refractivity contribution in [3.63, 3.8) is 0 Å². The quantitative estimate of drug-likeness (QED) is 0.0747. The van der Waals surface area contributed by atoms with E-state index in [1.54, 1.807) is 0 Å². The normalized spacial score (nSPS) is 15.9. The molecule has 0 bridgehead atoms. The first-order chi connectivity index (χ1) is 44.9. The van der Waals surface area contributed by atoms with Crippen LogP contribution in [0.4, 0.5) is 11.4 Å². The number of rotatable bonds is 20. The Morgan fingerprint density at radius 3 is 0.926 bits per heavy atom. The molecule has 8 aromatic rings. The van der Waals surface area contributed by atoms with Crippen molar-refractivity contribution in [1.82, 2.24) is 0 Å². The van der Waals surface area contributed by atoms with Crippen molar-refractivity contribution in [3.05, 3.63) is 191 Å². The van der Waals surface area contributed by atoms with Gasteiger partial charge in [0.25, 0.3) is 0 Å². The first-order valence-electron chi connectivity index (χ1n) is 35.3. The molecule has 500 valence electrons. The van der Waals surface area contributed by atoms with E-state index in [4.69, 9.17) is 18.9 Å². The minimum Gasteiger partial charge on any atom is -1.00 e. The lowest BCUT2D eigenvalue weighted by Gasteiger charge is -2.40. The molecule has 0 unspecified atom stereocenters. The van der Waals surface area contributed by atoms with Crippen molar-refractivity contribution in [1.29, 1.82) is 0 Å². The van der Waals surface area contributed by atoms with Crippen LogP contribution in [0.2, 0.25) is 0 Å². The molecule has 0 amide bonds. The standard InChI is InChI=1S/2C42H52NO2P.2ClH/c2*1-30-17-15-18-31(2)40(30)36-25-16-26-37(43(3)4)41(36)42-38(45-29-32-19-9-6-10-20-32)27-33(44-5)28-39(42)46(34-21-11-7-12-22-34)35-23-13-8-14-24-35;;/h2*6,9-10,15-20,25-28,34-35H,7-8,11-14,21-24,29H2,1-5H3;2*1H. The van der Waals surface area contributed by atoms with Gasteiger partial charge in [-0.3, -0.25) is 0 Å². The molecular formula is C84H106Cl2N2O4P2.